The van der Waals surface area contributed by atoms with Gasteiger partial charge in [-0.1, -0.05) is 25.9 Å². The van der Waals surface area contributed by atoms with Crippen molar-refractivity contribution >= 4 is 0 Å². The fraction of sp³-hybridized carbons (Fsp3) is 0.538. The van der Waals surface area contributed by atoms with Crippen molar-refractivity contribution in [1.82, 2.24) is 15.1 Å². The predicted molar refractivity (Wildman–Crippen MR) is 70.0 cm³/mol. The third-order valence-electron chi connectivity index (χ3n) is 2.77. The van der Waals surface area contributed by atoms with Crippen LogP contribution in [0.1, 0.15) is 39.0 Å². The molecular formula is C13H20N4O. The molecule has 0 aliphatic carbocycles. The first-order chi connectivity index (χ1) is 8.49. The molecule has 0 saturated carbocycles. The maximum atomic E-state index is 5.80. The normalized spacial score (nSPS) is 13.8. The minimum atomic E-state index is 0.112. The van der Waals surface area contributed by atoms with Gasteiger partial charge < -0.3 is 15.2 Å². The Morgan fingerprint density at radius 3 is 2.78 bits per heavy atom. The van der Waals surface area contributed by atoms with Gasteiger partial charge in [-0.25, -0.2) is 0 Å². The number of nitrogens with one attached hydrogen (secondary N) is 1. The molecule has 0 radical (unpaired) electrons. The molecule has 2 heterocycles. The van der Waals surface area contributed by atoms with E-state index >= 15 is 0 Å². The number of rotatable bonds is 4. The van der Waals surface area contributed by atoms with Crippen LogP contribution in [0.2, 0.25) is 0 Å². The molecular weight excluding hydrogens is 228 g/mol. The highest BCUT2D eigenvalue weighted by atomic mass is 16.5. The highest BCUT2D eigenvalue weighted by molar-refractivity contribution is 5.47. The van der Waals surface area contributed by atoms with Gasteiger partial charge in [0.1, 0.15) is 0 Å². The summed E-state index contributed by atoms with van der Waals surface area (Å²) >= 11 is 0. The second kappa shape index (κ2) is 4.94. The van der Waals surface area contributed by atoms with Gasteiger partial charge in [0.25, 0.3) is 0 Å². The van der Waals surface area contributed by atoms with E-state index < -0.39 is 0 Å². The number of nitrogens with two attached hydrogens (primary N) is 1. The molecule has 0 saturated heterocycles. The molecule has 0 aliphatic rings. The van der Waals surface area contributed by atoms with Crippen molar-refractivity contribution in [2.45, 2.75) is 33.1 Å². The summed E-state index contributed by atoms with van der Waals surface area (Å²) in [6.45, 7) is 7.05. The lowest BCUT2D eigenvalue weighted by Gasteiger charge is -2.22. The largest absolute Gasteiger partial charge is 0.359 e. The van der Waals surface area contributed by atoms with Crippen molar-refractivity contribution in [3.63, 3.8) is 0 Å². The van der Waals surface area contributed by atoms with Crippen molar-refractivity contribution in [3.8, 4) is 11.5 Å². The van der Waals surface area contributed by atoms with E-state index in [-0.39, 0.29) is 11.3 Å². The Hall–Kier alpha value is -1.62. The maximum absolute atomic E-state index is 5.80. The van der Waals surface area contributed by atoms with Crippen molar-refractivity contribution in [2.75, 3.05) is 6.54 Å². The summed E-state index contributed by atoms with van der Waals surface area (Å²) in [6.07, 6.45) is 2.76. The Balaban J connectivity index is 2.18. The van der Waals surface area contributed by atoms with Gasteiger partial charge in [0, 0.05) is 12.7 Å². The molecule has 2 aromatic heterocycles. The molecule has 1 atom stereocenters. The van der Waals surface area contributed by atoms with Gasteiger partial charge in [-0.05, 0) is 24.0 Å². The Bertz CT molecular complexity index is 481. The zero-order valence-corrected chi connectivity index (χ0v) is 11.1. The summed E-state index contributed by atoms with van der Waals surface area (Å²) < 4.78 is 5.33. The third kappa shape index (κ3) is 2.98. The lowest BCUT2D eigenvalue weighted by Crippen LogP contribution is -2.19. The number of aromatic amines is 1. The van der Waals surface area contributed by atoms with Crippen LogP contribution in [0.15, 0.2) is 22.9 Å². The predicted octanol–water partition coefficient (Wildman–Crippen LogP) is 2.54. The molecule has 5 nitrogen and oxygen atoms in total. The van der Waals surface area contributed by atoms with Crippen molar-refractivity contribution < 1.29 is 4.52 Å². The van der Waals surface area contributed by atoms with Crippen molar-refractivity contribution in [2.24, 2.45) is 11.1 Å². The van der Waals surface area contributed by atoms with E-state index in [4.69, 9.17) is 10.3 Å². The summed E-state index contributed by atoms with van der Waals surface area (Å²) in [7, 11) is 0. The number of nitrogens with zero attached hydrogens (tertiary/aromatic N) is 2. The molecule has 5 heteroatoms. The maximum Gasteiger partial charge on any atom is 0.231 e. The van der Waals surface area contributed by atoms with Crippen LogP contribution < -0.4 is 5.73 Å². The molecule has 1 unspecified atom stereocenters. The number of aromatic nitrogens is 3. The van der Waals surface area contributed by atoms with Gasteiger partial charge >= 0.3 is 0 Å². The smallest absolute Gasteiger partial charge is 0.231 e. The molecule has 2 rings (SSSR count). The molecule has 3 N–H and O–H groups in total. The van der Waals surface area contributed by atoms with Crippen molar-refractivity contribution in [3.05, 3.63) is 24.2 Å². The van der Waals surface area contributed by atoms with Crippen LogP contribution in [-0.2, 0) is 0 Å². The Kier molecular flexibility index (Phi) is 3.52. The van der Waals surface area contributed by atoms with Crippen LogP contribution in [0.5, 0.6) is 0 Å². The Morgan fingerprint density at radius 1 is 1.44 bits per heavy atom. The minimum Gasteiger partial charge on any atom is -0.359 e. The summed E-state index contributed by atoms with van der Waals surface area (Å²) in [6, 6.07) is 3.82. The van der Waals surface area contributed by atoms with E-state index in [0.29, 0.717) is 18.3 Å². The van der Waals surface area contributed by atoms with E-state index in [1.807, 2.05) is 18.3 Å². The van der Waals surface area contributed by atoms with Crippen molar-refractivity contribution in [1.29, 1.82) is 0 Å². The molecule has 0 aromatic carbocycles. The fourth-order valence-electron chi connectivity index (χ4n) is 1.99. The Morgan fingerprint density at radius 2 is 2.22 bits per heavy atom. The van der Waals surface area contributed by atoms with Gasteiger partial charge in [0.2, 0.25) is 11.7 Å². The zero-order valence-electron chi connectivity index (χ0n) is 11.1. The fourth-order valence-corrected chi connectivity index (χ4v) is 1.99. The minimum absolute atomic E-state index is 0.112. The van der Waals surface area contributed by atoms with Gasteiger partial charge in [-0.2, -0.15) is 4.98 Å². The lowest BCUT2D eigenvalue weighted by molar-refractivity contribution is 0.287. The molecule has 0 aliphatic heterocycles. The van der Waals surface area contributed by atoms with Crippen LogP contribution in [-0.4, -0.2) is 21.7 Å². The van der Waals surface area contributed by atoms with E-state index in [1.54, 1.807) is 0 Å². The highest BCUT2D eigenvalue weighted by Gasteiger charge is 2.24. The topological polar surface area (TPSA) is 80.7 Å². The molecule has 2 aromatic rings. The van der Waals surface area contributed by atoms with Crippen LogP contribution in [0, 0.1) is 5.41 Å². The summed E-state index contributed by atoms with van der Waals surface area (Å²) in [4.78, 5) is 7.47. The number of hydrogen-bond acceptors (Lipinski definition) is 4. The highest BCUT2D eigenvalue weighted by Crippen LogP contribution is 2.30. The van der Waals surface area contributed by atoms with Crippen LogP contribution >= 0.6 is 0 Å². The van der Waals surface area contributed by atoms with Crippen LogP contribution in [0.3, 0.4) is 0 Å². The SMILES string of the molecule is CC(C)(C)CC(CN)c1nc(-c2ccc[nH]2)no1. The summed E-state index contributed by atoms with van der Waals surface area (Å²) in [5, 5.41) is 3.98. The first-order valence-corrected chi connectivity index (χ1v) is 6.17. The molecule has 98 valence electrons. The summed E-state index contributed by atoms with van der Waals surface area (Å²) in [5.41, 5.74) is 6.85. The summed E-state index contributed by atoms with van der Waals surface area (Å²) in [5.74, 6) is 1.32. The van der Waals surface area contributed by atoms with Crippen LogP contribution in [0.25, 0.3) is 11.5 Å². The first-order valence-electron chi connectivity index (χ1n) is 6.17. The van der Waals surface area contributed by atoms with Gasteiger partial charge in [0.15, 0.2) is 0 Å². The Labute approximate surface area is 107 Å². The number of hydrogen-bond donors (Lipinski definition) is 2. The third-order valence-corrected chi connectivity index (χ3v) is 2.77. The van der Waals surface area contributed by atoms with E-state index in [2.05, 4.69) is 35.9 Å². The van der Waals surface area contributed by atoms with E-state index in [1.165, 1.54) is 0 Å². The van der Waals surface area contributed by atoms with Gasteiger partial charge in [-0.15, -0.1) is 0 Å². The van der Waals surface area contributed by atoms with E-state index in [0.717, 1.165) is 12.1 Å². The monoisotopic (exact) mass is 248 g/mol. The quantitative estimate of drug-likeness (QED) is 0.871. The average Bonchev–Trinajstić information content (AvgIpc) is 2.94. The van der Waals surface area contributed by atoms with Gasteiger partial charge in [0.05, 0.1) is 11.6 Å². The molecule has 18 heavy (non-hydrogen) atoms. The number of H-pyrrole nitrogens is 1. The van der Waals surface area contributed by atoms with E-state index in [9.17, 15) is 0 Å². The second-order valence-corrected chi connectivity index (χ2v) is 5.74. The molecule has 0 amide bonds. The lowest BCUT2D eigenvalue weighted by atomic mass is 9.84. The second-order valence-electron chi connectivity index (χ2n) is 5.74. The molecule has 0 fully saturated rings. The standard InChI is InChI=1S/C13H20N4O/c1-13(2,3)7-9(8-14)12-16-11(17-18-12)10-5-4-6-15-10/h4-6,9,15H,7-8,14H2,1-3H3. The zero-order chi connectivity index (χ0) is 13.2. The van der Waals surface area contributed by atoms with Gasteiger partial charge in [-0.3, -0.25) is 0 Å². The van der Waals surface area contributed by atoms with Crippen LogP contribution in [0.4, 0.5) is 0 Å². The first kappa shape index (κ1) is 12.8. The average molecular weight is 248 g/mol. The molecule has 0 spiro atoms. The molecule has 0 bridgehead atoms.